The fraction of sp³-hybridized carbons (Fsp3) is 0.143. The molecule has 0 radical (unpaired) electrons. The van der Waals surface area contributed by atoms with Crippen LogP contribution in [-0.4, -0.2) is 43.6 Å². The zero-order chi connectivity index (χ0) is 18.7. The van der Waals surface area contributed by atoms with Crippen molar-refractivity contribution < 1.29 is 22.7 Å². The Morgan fingerprint density at radius 2 is 1.85 bits per heavy atom. The Balaban J connectivity index is 1.82. The molecule has 0 fully saturated rings. The monoisotopic (exact) mass is 395 g/mol. The van der Waals surface area contributed by atoms with E-state index in [9.17, 15) is 13.2 Å². The number of amides is 2. The van der Waals surface area contributed by atoms with Gasteiger partial charge in [-0.25, -0.2) is 14.5 Å². The van der Waals surface area contributed by atoms with Gasteiger partial charge in [-0.1, -0.05) is 0 Å². The minimum absolute atomic E-state index is 0.139. The molecule has 3 aromatic rings. The number of sulfonamides is 1. The molecule has 0 atom stereocenters. The molecule has 0 spiro atoms. The summed E-state index contributed by atoms with van der Waals surface area (Å²) in [5, 5.41) is 4.44. The Labute approximate surface area is 152 Å². The molecule has 0 saturated heterocycles. The fourth-order valence-corrected chi connectivity index (χ4v) is 4.23. The highest BCUT2D eigenvalue weighted by Crippen LogP contribution is 2.26. The van der Waals surface area contributed by atoms with Crippen molar-refractivity contribution in [2.24, 2.45) is 0 Å². The number of ether oxygens (including phenoxy) is 2. The van der Waals surface area contributed by atoms with Crippen LogP contribution in [0.3, 0.4) is 0 Å². The Morgan fingerprint density at radius 3 is 2.50 bits per heavy atom. The maximum absolute atomic E-state index is 12.5. The first-order valence-corrected chi connectivity index (χ1v) is 9.42. The number of aromatic nitrogens is 3. The summed E-state index contributed by atoms with van der Waals surface area (Å²) < 4.78 is 37.2. The third-order valence-electron chi connectivity index (χ3n) is 3.14. The highest BCUT2D eigenvalue weighted by Gasteiger charge is 2.23. The van der Waals surface area contributed by atoms with E-state index >= 15 is 0 Å². The van der Waals surface area contributed by atoms with Crippen LogP contribution in [0.5, 0.6) is 11.8 Å². The van der Waals surface area contributed by atoms with E-state index in [4.69, 9.17) is 9.47 Å². The van der Waals surface area contributed by atoms with Crippen LogP contribution >= 0.6 is 11.3 Å². The summed E-state index contributed by atoms with van der Waals surface area (Å²) in [7, 11) is -1.43. The molecule has 136 valence electrons. The molecule has 2 amide bonds. The Morgan fingerprint density at radius 1 is 1.15 bits per heavy atom. The van der Waals surface area contributed by atoms with Crippen molar-refractivity contribution in [3.05, 3.63) is 29.8 Å². The molecule has 0 aromatic carbocycles. The predicted molar refractivity (Wildman–Crippen MR) is 94.1 cm³/mol. The number of fused-ring (bicyclic) bond motifs is 1. The molecule has 0 aliphatic carbocycles. The predicted octanol–water partition coefficient (Wildman–Crippen LogP) is 1.61. The van der Waals surface area contributed by atoms with E-state index in [1.165, 1.54) is 37.8 Å². The van der Waals surface area contributed by atoms with Crippen LogP contribution in [-0.2, 0) is 10.0 Å². The number of hydrogen-bond donors (Lipinski definition) is 2. The van der Waals surface area contributed by atoms with Crippen molar-refractivity contribution in [1.82, 2.24) is 19.7 Å². The molecule has 12 heteroatoms. The summed E-state index contributed by atoms with van der Waals surface area (Å²) in [6.07, 6.45) is 1.36. The average molecular weight is 395 g/mol. The molecule has 3 rings (SSSR count). The zero-order valence-electron chi connectivity index (χ0n) is 13.6. The standard InChI is InChI=1S/C14H13N5O5S2/c1-23-9-7-10(24-2)17-13(16-9)18-14(20)19-26(21,22)12-11-8(3-5-15-12)4-6-25-11/h3-7H,1-2H3,(H2,16,17,18,19,20). The lowest BCUT2D eigenvalue weighted by Crippen LogP contribution is -2.35. The first-order chi connectivity index (χ1) is 12.4. The van der Waals surface area contributed by atoms with Gasteiger partial charge in [0, 0.05) is 6.20 Å². The molecular weight excluding hydrogens is 382 g/mol. The van der Waals surface area contributed by atoms with Gasteiger partial charge in [-0.05, 0) is 22.9 Å². The van der Waals surface area contributed by atoms with Crippen LogP contribution in [0.25, 0.3) is 10.1 Å². The van der Waals surface area contributed by atoms with E-state index in [1.54, 1.807) is 17.5 Å². The van der Waals surface area contributed by atoms with Gasteiger partial charge >= 0.3 is 6.03 Å². The Bertz CT molecular complexity index is 1040. The van der Waals surface area contributed by atoms with Gasteiger partial charge in [0.05, 0.1) is 25.0 Å². The summed E-state index contributed by atoms with van der Waals surface area (Å²) in [4.78, 5) is 23.7. The van der Waals surface area contributed by atoms with Gasteiger partial charge in [0.25, 0.3) is 10.0 Å². The highest BCUT2D eigenvalue weighted by atomic mass is 32.2. The lowest BCUT2D eigenvalue weighted by atomic mass is 10.3. The van der Waals surface area contributed by atoms with Crippen LogP contribution in [0.2, 0.25) is 0 Å². The third-order valence-corrected chi connectivity index (χ3v) is 5.48. The molecule has 26 heavy (non-hydrogen) atoms. The van der Waals surface area contributed by atoms with Crippen molar-refractivity contribution in [3.8, 4) is 11.8 Å². The molecule has 0 aliphatic rings. The topological polar surface area (TPSA) is 132 Å². The number of carbonyl (C=O) groups excluding carboxylic acids is 1. The van der Waals surface area contributed by atoms with Gasteiger partial charge in [-0.15, -0.1) is 11.3 Å². The molecule has 10 nitrogen and oxygen atoms in total. The highest BCUT2D eigenvalue weighted by molar-refractivity contribution is 7.90. The summed E-state index contributed by atoms with van der Waals surface area (Å²) in [5.74, 6) is 0.0937. The molecule has 3 aromatic heterocycles. The van der Waals surface area contributed by atoms with Gasteiger partial charge in [-0.3, -0.25) is 5.32 Å². The first kappa shape index (κ1) is 17.8. The number of anilines is 1. The van der Waals surface area contributed by atoms with Crippen LogP contribution < -0.4 is 19.5 Å². The number of urea groups is 1. The molecule has 0 bridgehead atoms. The molecule has 0 unspecified atom stereocenters. The van der Waals surface area contributed by atoms with Gasteiger partial charge in [0.15, 0.2) is 5.03 Å². The van der Waals surface area contributed by atoms with Crippen LogP contribution in [0, 0.1) is 0 Å². The van der Waals surface area contributed by atoms with Crippen LogP contribution in [0.15, 0.2) is 34.8 Å². The maximum Gasteiger partial charge on any atom is 0.335 e. The summed E-state index contributed by atoms with van der Waals surface area (Å²) in [6, 6.07) is 3.80. The first-order valence-electron chi connectivity index (χ1n) is 7.06. The molecular formula is C14H13N5O5S2. The van der Waals surface area contributed by atoms with E-state index in [0.29, 0.717) is 10.1 Å². The van der Waals surface area contributed by atoms with Crippen molar-refractivity contribution in [3.63, 3.8) is 0 Å². The normalized spacial score (nSPS) is 11.2. The molecule has 0 saturated carbocycles. The zero-order valence-corrected chi connectivity index (χ0v) is 15.2. The lowest BCUT2D eigenvalue weighted by Gasteiger charge is -2.09. The fourth-order valence-electron chi connectivity index (χ4n) is 2.03. The van der Waals surface area contributed by atoms with Gasteiger partial charge in [0.2, 0.25) is 17.7 Å². The molecule has 3 heterocycles. The van der Waals surface area contributed by atoms with E-state index in [0.717, 1.165) is 0 Å². The summed E-state index contributed by atoms with van der Waals surface area (Å²) in [5.41, 5.74) is 0. The summed E-state index contributed by atoms with van der Waals surface area (Å²) >= 11 is 1.21. The van der Waals surface area contributed by atoms with Gasteiger partial charge < -0.3 is 9.47 Å². The Kier molecular flexibility index (Phi) is 4.86. The van der Waals surface area contributed by atoms with Crippen molar-refractivity contribution in [2.45, 2.75) is 5.03 Å². The second-order valence-electron chi connectivity index (χ2n) is 4.79. The van der Waals surface area contributed by atoms with Gasteiger partial charge in [0.1, 0.15) is 0 Å². The number of hydrogen-bond acceptors (Lipinski definition) is 9. The van der Waals surface area contributed by atoms with Crippen LogP contribution in [0.4, 0.5) is 10.7 Å². The number of carbonyl (C=O) groups is 1. The molecule has 2 N–H and O–H groups in total. The van der Waals surface area contributed by atoms with Crippen molar-refractivity contribution >= 4 is 43.4 Å². The van der Waals surface area contributed by atoms with E-state index < -0.39 is 16.1 Å². The average Bonchev–Trinajstić information content (AvgIpc) is 3.09. The quantitative estimate of drug-likeness (QED) is 0.666. The smallest absolute Gasteiger partial charge is 0.335 e. The van der Waals surface area contributed by atoms with Crippen molar-refractivity contribution in [2.75, 3.05) is 19.5 Å². The number of nitrogens with zero attached hydrogens (tertiary/aromatic N) is 3. The molecule has 0 aliphatic heterocycles. The van der Waals surface area contributed by atoms with Crippen LogP contribution in [0.1, 0.15) is 0 Å². The van der Waals surface area contributed by atoms with Gasteiger partial charge in [-0.2, -0.15) is 18.4 Å². The SMILES string of the molecule is COc1cc(OC)nc(NC(=O)NS(=O)(=O)c2nccc3ccsc23)n1. The lowest BCUT2D eigenvalue weighted by molar-refractivity contribution is 0.256. The number of nitrogens with one attached hydrogen (secondary N) is 2. The largest absolute Gasteiger partial charge is 0.481 e. The third kappa shape index (κ3) is 3.65. The van der Waals surface area contributed by atoms with E-state index in [-0.39, 0.29) is 22.7 Å². The van der Waals surface area contributed by atoms with E-state index in [1.807, 2.05) is 4.72 Å². The number of pyridine rings is 1. The minimum Gasteiger partial charge on any atom is -0.481 e. The number of thiophene rings is 1. The summed E-state index contributed by atoms with van der Waals surface area (Å²) in [6.45, 7) is 0. The number of methoxy groups -OCH3 is 2. The minimum atomic E-state index is -4.19. The maximum atomic E-state index is 12.5. The number of rotatable bonds is 5. The second kappa shape index (κ2) is 7.09. The second-order valence-corrected chi connectivity index (χ2v) is 7.30. The Hall–Kier alpha value is -2.99. The van der Waals surface area contributed by atoms with E-state index in [2.05, 4.69) is 20.3 Å². The van der Waals surface area contributed by atoms with Crippen molar-refractivity contribution in [1.29, 1.82) is 0 Å².